The van der Waals surface area contributed by atoms with E-state index < -0.39 is 0 Å². The second kappa shape index (κ2) is 10.0. The summed E-state index contributed by atoms with van der Waals surface area (Å²) in [5.74, 6) is 1.33. The first-order valence-corrected chi connectivity index (χ1v) is 10.9. The van der Waals surface area contributed by atoms with Crippen molar-refractivity contribution in [1.82, 2.24) is 0 Å². The van der Waals surface area contributed by atoms with Crippen LogP contribution in [0.2, 0.25) is 5.02 Å². The second-order valence-electron chi connectivity index (χ2n) is 5.96. The summed E-state index contributed by atoms with van der Waals surface area (Å²) >= 11 is 11.0. The summed E-state index contributed by atoms with van der Waals surface area (Å²) in [5.41, 5.74) is 2.31. The van der Waals surface area contributed by atoms with Crippen LogP contribution >= 0.6 is 39.3 Å². The molecule has 0 unspecified atom stereocenters. The van der Waals surface area contributed by atoms with E-state index in [9.17, 15) is 4.79 Å². The zero-order valence-corrected chi connectivity index (χ0v) is 18.4. The maximum Gasteiger partial charge on any atom is 0.255 e. The molecule has 3 nitrogen and oxygen atoms in total. The van der Waals surface area contributed by atoms with Crippen molar-refractivity contribution in [3.8, 4) is 5.75 Å². The lowest BCUT2D eigenvalue weighted by Gasteiger charge is -2.13. The lowest BCUT2D eigenvalue weighted by Crippen LogP contribution is -2.12. The molecular formula is C22H19BrClNO2S. The van der Waals surface area contributed by atoms with E-state index in [1.54, 1.807) is 17.8 Å². The summed E-state index contributed by atoms with van der Waals surface area (Å²) in [6.07, 6.45) is 0. The number of amides is 1. The number of rotatable bonds is 7. The molecule has 1 N–H and O–H groups in total. The quantitative estimate of drug-likeness (QED) is 0.371. The van der Waals surface area contributed by atoms with Gasteiger partial charge in [-0.1, -0.05) is 33.6 Å². The molecule has 6 heteroatoms. The van der Waals surface area contributed by atoms with Crippen molar-refractivity contribution >= 4 is 50.9 Å². The van der Waals surface area contributed by atoms with E-state index in [0.29, 0.717) is 22.9 Å². The minimum atomic E-state index is -0.154. The number of hydrogen-bond donors (Lipinski definition) is 1. The Labute approximate surface area is 182 Å². The highest BCUT2D eigenvalue weighted by Crippen LogP contribution is 2.30. The van der Waals surface area contributed by atoms with E-state index in [4.69, 9.17) is 16.3 Å². The lowest BCUT2D eigenvalue weighted by molar-refractivity contribution is 0.102. The van der Waals surface area contributed by atoms with Crippen molar-refractivity contribution in [2.75, 3.05) is 11.9 Å². The van der Waals surface area contributed by atoms with Gasteiger partial charge < -0.3 is 10.1 Å². The van der Waals surface area contributed by atoms with Gasteiger partial charge in [-0.15, -0.1) is 11.8 Å². The minimum Gasteiger partial charge on any atom is -0.494 e. The van der Waals surface area contributed by atoms with Crippen molar-refractivity contribution in [1.29, 1.82) is 0 Å². The third-order valence-corrected chi connectivity index (χ3v) is 5.72. The van der Waals surface area contributed by atoms with E-state index in [1.807, 2.05) is 67.6 Å². The molecule has 0 radical (unpaired) electrons. The Hall–Kier alpha value is -1.95. The summed E-state index contributed by atoms with van der Waals surface area (Å²) in [6, 6.07) is 20.8. The van der Waals surface area contributed by atoms with E-state index in [1.165, 1.54) is 0 Å². The molecule has 0 saturated carbocycles. The number of benzene rings is 3. The maximum atomic E-state index is 12.7. The fourth-order valence-corrected chi connectivity index (χ4v) is 3.99. The predicted octanol–water partition coefficient (Wildman–Crippen LogP) is 7.05. The smallest absolute Gasteiger partial charge is 0.255 e. The third kappa shape index (κ3) is 5.77. The first kappa shape index (κ1) is 20.8. The van der Waals surface area contributed by atoms with Crippen LogP contribution in [-0.2, 0) is 5.75 Å². The zero-order chi connectivity index (χ0) is 19.9. The van der Waals surface area contributed by atoms with Gasteiger partial charge in [0.25, 0.3) is 5.91 Å². The van der Waals surface area contributed by atoms with Gasteiger partial charge in [0.15, 0.2) is 0 Å². The van der Waals surface area contributed by atoms with E-state index in [2.05, 4.69) is 21.2 Å². The Morgan fingerprint density at radius 2 is 1.89 bits per heavy atom. The summed E-state index contributed by atoms with van der Waals surface area (Å²) in [6.45, 7) is 2.52. The molecule has 0 aromatic heterocycles. The van der Waals surface area contributed by atoms with Crippen LogP contribution in [0.5, 0.6) is 5.75 Å². The molecule has 144 valence electrons. The maximum absolute atomic E-state index is 12.7. The zero-order valence-electron chi connectivity index (χ0n) is 15.2. The molecule has 0 fully saturated rings. The number of thioether (sulfide) groups is 1. The molecule has 3 aromatic rings. The van der Waals surface area contributed by atoms with Crippen LogP contribution in [0.15, 0.2) is 76.1 Å². The molecule has 0 aliphatic rings. The van der Waals surface area contributed by atoms with Crippen molar-refractivity contribution in [2.45, 2.75) is 17.6 Å². The molecule has 3 aromatic carbocycles. The Kier molecular flexibility index (Phi) is 7.43. The van der Waals surface area contributed by atoms with Crippen LogP contribution in [0.25, 0.3) is 0 Å². The fraction of sp³-hybridized carbons (Fsp3) is 0.136. The SMILES string of the molecule is CCOc1ccc(C(=O)Nc2cccc(Br)c2)cc1CSc1ccc(Cl)cc1. The van der Waals surface area contributed by atoms with Gasteiger partial charge in [0, 0.05) is 37.0 Å². The monoisotopic (exact) mass is 475 g/mol. The van der Waals surface area contributed by atoms with Gasteiger partial charge in [0.1, 0.15) is 5.75 Å². The highest BCUT2D eigenvalue weighted by Gasteiger charge is 2.12. The van der Waals surface area contributed by atoms with Gasteiger partial charge in [0.05, 0.1) is 6.61 Å². The standard InChI is InChI=1S/C22H19BrClNO2S/c1-2-27-21-11-6-15(22(26)25-19-5-3-4-17(23)13-19)12-16(21)14-28-20-9-7-18(24)8-10-20/h3-13H,2,14H2,1H3,(H,25,26). The van der Waals surface area contributed by atoms with Crippen LogP contribution in [0.1, 0.15) is 22.8 Å². The van der Waals surface area contributed by atoms with E-state index >= 15 is 0 Å². The van der Waals surface area contributed by atoms with Crippen molar-refractivity contribution in [3.05, 3.63) is 87.4 Å². The normalized spacial score (nSPS) is 10.5. The number of nitrogens with one attached hydrogen (secondary N) is 1. The Bertz CT molecular complexity index is 963. The molecule has 1 amide bonds. The molecule has 0 heterocycles. The predicted molar refractivity (Wildman–Crippen MR) is 121 cm³/mol. The Morgan fingerprint density at radius 3 is 2.61 bits per heavy atom. The van der Waals surface area contributed by atoms with Gasteiger partial charge in [-0.2, -0.15) is 0 Å². The van der Waals surface area contributed by atoms with Gasteiger partial charge >= 0.3 is 0 Å². The highest BCUT2D eigenvalue weighted by atomic mass is 79.9. The van der Waals surface area contributed by atoms with E-state index in [-0.39, 0.29) is 5.91 Å². The fourth-order valence-electron chi connectivity index (χ4n) is 2.59. The third-order valence-electron chi connectivity index (χ3n) is 3.91. The summed E-state index contributed by atoms with van der Waals surface area (Å²) in [7, 11) is 0. The molecule has 0 bridgehead atoms. The Balaban J connectivity index is 1.77. The number of halogens is 2. The van der Waals surface area contributed by atoms with Gasteiger partial charge in [0.2, 0.25) is 0 Å². The summed E-state index contributed by atoms with van der Waals surface area (Å²) < 4.78 is 6.65. The van der Waals surface area contributed by atoms with Crippen molar-refractivity contribution in [3.63, 3.8) is 0 Å². The molecule has 0 spiro atoms. The first-order valence-electron chi connectivity index (χ1n) is 8.76. The molecule has 0 saturated heterocycles. The van der Waals surface area contributed by atoms with Gasteiger partial charge in [-0.3, -0.25) is 4.79 Å². The Morgan fingerprint density at radius 1 is 1.11 bits per heavy atom. The average molecular weight is 477 g/mol. The second-order valence-corrected chi connectivity index (χ2v) is 8.36. The topological polar surface area (TPSA) is 38.3 Å². The number of hydrogen-bond acceptors (Lipinski definition) is 3. The summed E-state index contributed by atoms with van der Waals surface area (Å²) in [4.78, 5) is 13.8. The number of anilines is 1. The number of carbonyl (C=O) groups excluding carboxylic acids is 1. The largest absolute Gasteiger partial charge is 0.494 e. The van der Waals surface area contributed by atoms with Crippen molar-refractivity contribution < 1.29 is 9.53 Å². The van der Waals surface area contributed by atoms with Crippen LogP contribution in [-0.4, -0.2) is 12.5 Å². The first-order chi connectivity index (χ1) is 13.5. The average Bonchev–Trinajstić information content (AvgIpc) is 2.68. The molecule has 3 rings (SSSR count). The minimum absolute atomic E-state index is 0.154. The van der Waals surface area contributed by atoms with Crippen molar-refractivity contribution in [2.24, 2.45) is 0 Å². The number of carbonyl (C=O) groups is 1. The molecular weight excluding hydrogens is 458 g/mol. The van der Waals surface area contributed by atoms with Crippen LogP contribution < -0.4 is 10.1 Å². The molecule has 0 aliphatic heterocycles. The van der Waals surface area contributed by atoms with Crippen LogP contribution in [0, 0.1) is 0 Å². The molecule has 0 atom stereocenters. The van der Waals surface area contributed by atoms with E-state index in [0.717, 1.165) is 26.4 Å². The number of ether oxygens (including phenoxy) is 1. The van der Waals surface area contributed by atoms with Gasteiger partial charge in [-0.25, -0.2) is 0 Å². The van der Waals surface area contributed by atoms with Crippen LogP contribution in [0.3, 0.4) is 0 Å². The van der Waals surface area contributed by atoms with Crippen LogP contribution in [0.4, 0.5) is 5.69 Å². The molecule has 0 aliphatic carbocycles. The summed E-state index contributed by atoms with van der Waals surface area (Å²) in [5, 5.41) is 3.64. The molecule has 28 heavy (non-hydrogen) atoms. The highest BCUT2D eigenvalue weighted by molar-refractivity contribution is 9.10. The van der Waals surface area contributed by atoms with Gasteiger partial charge in [-0.05, 0) is 67.6 Å². The lowest BCUT2D eigenvalue weighted by atomic mass is 10.1.